The zero-order valence-electron chi connectivity index (χ0n) is 11.1. The van der Waals surface area contributed by atoms with Gasteiger partial charge in [-0.15, -0.1) is 0 Å². The predicted molar refractivity (Wildman–Crippen MR) is 84.3 cm³/mol. The first-order valence-corrected chi connectivity index (χ1v) is 6.96. The molecule has 0 amide bonds. The molecule has 6 heteroatoms. The number of anilines is 1. The predicted octanol–water partition coefficient (Wildman–Crippen LogP) is 4.60. The average molecular weight is 320 g/mol. The maximum absolute atomic E-state index is 5.98. The molecule has 0 saturated heterocycles. The van der Waals surface area contributed by atoms with Crippen LogP contribution in [-0.4, -0.2) is 10.1 Å². The van der Waals surface area contributed by atoms with Crippen LogP contribution in [0, 0.1) is 6.92 Å². The average Bonchev–Trinajstić information content (AvgIpc) is 2.90. The Morgan fingerprint density at radius 2 is 1.81 bits per heavy atom. The summed E-state index contributed by atoms with van der Waals surface area (Å²) in [5.74, 6) is 0.835. The third kappa shape index (κ3) is 2.73. The Hall–Kier alpha value is -2.04. The number of hydrogen-bond acceptors (Lipinski definition) is 4. The van der Waals surface area contributed by atoms with Gasteiger partial charge < -0.3 is 10.3 Å². The van der Waals surface area contributed by atoms with Gasteiger partial charge in [0.05, 0.1) is 0 Å². The molecule has 2 aromatic carbocycles. The molecule has 0 atom stereocenters. The summed E-state index contributed by atoms with van der Waals surface area (Å²) in [5, 5.41) is 5.01. The maximum atomic E-state index is 5.98. The van der Waals surface area contributed by atoms with Crippen molar-refractivity contribution in [2.24, 2.45) is 0 Å². The first kappa shape index (κ1) is 13.9. The highest BCUT2D eigenvalue weighted by Gasteiger charge is 2.14. The second-order valence-electron chi connectivity index (χ2n) is 4.60. The van der Waals surface area contributed by atoms with Crippen LogP contribution in [0.2, 0.25) is 10.0 Å². The standard InChI is InChI=1S/C15H11Cl2N3O/c1-8-12(3-2-4-13(8)18)15-19-14(20-21-15)9-5-10(16)7-11(17)6-9/h2-7H,18H2,1H3. The molecule has 0 spiro atoms. The van der Waals surface area contributed by atoms with Gasteiger partial charge in [0.1, 0.15) is 0 Å². The van der Waals surface area contributed by atoms with Gasteiger partial charge in [0.2, 0.25) is 5.82 Å². The smallest absolute Gasteiger partial charge is 0.258 e. The highest BCUT2D eigenvalue weighted by molar-refractivity contribution is 6.35. The lowest BCUT2D eigenvalue weighted by molar-refractivity contribution is 0.432. The molecule has 0 aliphatic heterocycles. The number of hydrogen-bond donors (Lipinski definition) is 1. The molecule has 0 aliphatic rings. The molecule has 1 heterocycles. The van der Waals surface area contributed by atoms with Gasteiger partial charge in [0, 0.05) is 26.9 Å². The van der Waals surface area contributed by atoms with Crippen molar-refractivity contribution in [3.05, 3.63) is 52.0 Å². The minimum Gasteiger partial charge on any atom is -0.398 e. The fourth-order valence-electron chi connectivity index (χ4n) is 2.02. The van der Waals surface area contributed by atoms with Crippen molar-refractivity contribution >= 4 is 28.9 Å². The van der Waals surface area contributed by atoms with E-state index in [0.29, 0.717) is 33.0 Å². The van der Waals surface area contributed by atoms with Gasteiger partial charge in [-0.05, 0) is 42.8 Å². The molecule has 0 saturated carbocycles. The van der Waals surface area contributed by atoms with E-state index in [1.807, 2.05) is 25.1 Å². The molecule has 0 aliphatic carbocycles. The van der Waals surface area contributed by atoms with Crippen LogP contribution in [0.5, 0.6) is 0 Å². The fourth-order valence-corrected chi connectivity index (χ4v) is 2.54. The molecular weight excluding hydrogens is 309 g/mol. The molecule has 1 aromatic heterocycles. The van der Waals surface area contributed by atoms with Gasteiger partial charge in [0.15, 0.2) is 0 Å². The lowest BCUT2D eigenvalue weighted by Crippen LogP contribution is -1.92. The molecule has 0 unspecified atom stereocenters. The van der Waals surface area contributed by atoms with Crippen LogP contribution in [0.15, 0.2) is 40.9 Å². The van der Waals surface area contributed by atoms with Crippen LogP contribution >= 0.6 is 23.2 Å². The second-order valence-corrected chi connectivity index (χ2v) is 5.47. The number of halogens is 2. The van der Waals surface area contributed by atoms with E-state index in [2.05, 4.69) is 10.1 Å². The normalized spacial score (nSPS) is 10.8. The Balaban J connectivity index is 2.06. The molecule has 3 aromatic rings. The number of nitrogens with two attached hydrogens (primary N) is 1. The molecule has 3 rings (SSSR count). The lowest BCUT2D eigenvalue weighted by Gasteiger charge is -2.03. The number of aromatic nitrogens is 2. The maximum Gasteiger partial charge on any atom is 0.258 e. The number of rotatable bonds is 2. The molecule has 21 heavy (non-hydrogen) atoms. The van der Waals surface area contributed by atoms with Crippen LogP contribution in [0.3, 0.4) is 0 Å². The summed E-state index contributed by atoms with van der Waals surface area (Å²) in [6.07, 6.45) is 0. The Morgan fingerprint density at radius 1 is 1.10 bits per heavy atom. The van der Waals surface area contributed by atoms with E-state index >= 15 is 0 Å². The highest BCUT2D eigenvalue weighted by atomic mass is 35.5. The summed E-state index contributed by atoms with van der Waals surface area (Å²) in [6, 6.07) is 10.7. The zero-order chi connectivity index (χ0) is 15.0. The molecule has 0 fully saturated rings. The summed E-state index contributed by atoms with van der Waals surface area (Å²) < 4.78 is 5.32. The third-order valence-corrected chi connectivity index (χ3v) is 3.59. The first-order valence-electron chi connectivity index (χ1n) is 6.20. The van der Waals surface area contributed by atoms with E-state index in [9.17, 15) is 0 Å². The second kappa shape index (κ2) is 5.39. The van der Waals surface area contributed by atoms with Crippen molar-refractivity contribution in [3.63, 3.8) is 0 Å². The molecule has 0 bridgehead atoms. The number of nitrogen functional groups attached to an aromatic ring is 1. The van der Waals surface area contributed by atoms with Crippen molar-refractivity contribution in [2.45, 2.75) is 6.92 Å². The topological polar surface area (TPSA) is 64.9 Å². The number of benzene rings is 2. The summed E-state index contributed by atoms with van der Waals surface area (Å²) in [4.78, 5) is 4.38. The van der Waals surface area contributed by atoms with E-state index < -0.39 is 0 Å². The van der Waals surface area contributed by atoms with E-state index in [-0.39, 0.29) is 0 Å². The SMILES string of the molecule is Cc1c(N)cccc1-c1nc(-c2cc(Cl)cc(Cl)c2)no1. The van der Waals surface area contributed by atoms with Gasteiger partial charge in [0.25, 0.3) is 5.89 Å². The Bertz CT molecular complexity index is 794. The fraction of sp³-hybridized carbons (Fsp3) is 0.0667. The van der Waals surface area contributed by atoms with Gasteiger partial charge in [-0.2, -0.15) is 4.98 Å². The minimum absolute atomic E-state index is 0.408. The summed E-state index contributed by atoms with van der Waals surface area (Å²) in [5.41, 5.74) is 8.97. The van der Waals surface area contributed by atoms with Crippen LogP contribution in [0.4, 0.5) is 5.69 Å². The van der Waals surface area contributed by atoms with Crippen LogP contribution in [-0.2, 0) is 0 Å². The van der Waals surface area contributed by atoms with Crippen molar-refractivity contribution in [2.75, 3.05) is 5.73 Å². The highest BCUT2D eigenvalue weighted by Crippen LogP contribution is 2.29. The van der Waals surface area contributed by atoms with Crippen molar-refractivity contribution in [1.29, 1.82) is 0 Å². The van der Waals surface area contributed by atoms with Crippen molar-refractivity contribution < 1.29 is 4.52 Å². The summed E-state index contributed by atoms with van der Waals surface area (Å²) >= 11 is 12.0. The van der Waals surface area contributed by atoms with Gasteiger partial charge >= 0.3 is 0 Å². The molecule has 4 nitrogen and oxygen atoms in total. The lowest BCUT2D eigenvalue weighted by atomic mass is 10.1. The van der Waals surface area contributed by atoms with Gasteiger partial charge in [-0.1, -0.05) is 34.4 Å². The van der Waals surface area contributed by atoms with Crippen LogP contribution in [0.25, 0.3) is 22.8 Å². The molecule has 0 radical (unpaired) electrons. The van der Waals surface area contributed by atoms with E-state index in [4.69, 9.17) is 33.5 Å². The Morgan fingerprint density at radius 3 is 2.52 bits per heavy atom. The van der Waals surface area contributed by atoms with Crippen molar-refractivity contribution in [3.8, 4) is 22.8 Å². The summed E-state index contributed by atoms with van der Waals surface area (Å²) in [6.45, 7) is 1.91. The van der Waals surface area contributed by atoms with Crippen molar-refractivity contribution in [1.82, 2.24) is 10.1 Å². The van der Waals surface area contributed by atoms with Crippen LogP contribution < -0.4 is 5.73 Å². The minimum atomic E-state index is 0.408. The van der Waals surface area contributed by atoms with Gasteiger partial charge in [-0.3, -0.25) is 0 Å². The Kier molecular flexibility index (Phi) is 3.57. The largest absolute Gasteiger partial charge is 0.398 e. The quantitative estimate of drug-likeness (QED) is 0.701. The van der Waals surface area contributed by atoms with E-state index in [0.717, 1.165) is 11.1 Å². The first-order chi connectivity index (χ1) is 10.0. The zero-order valence-corrected chi connectivity index (χ0v) is 12.6. The van der Waals surface area contributed by atoms with E-state index in [1.165, 1.54) is 0 Å². The molecule has 2 N–H and O–H groups in total. The third-order valence-electron chi connectivity index (χ3n) is 3.15. The summed E-state index contributed by atoms with van der Waals surface area (Å²) in [7, 11) is 0. The van der Waals surface area contributed by atoms with Gasteiger partial charge in [-0.25, -0.2) is 0 Å². The van der Waals surface area contributed by atoms with E-state index in [1.54, 1.807) is 18.2 Å². The monoisotopic (exact) mass is 319 g/mol. The Labute approximate surface area is 131 Å². The number of nitrogens with zero attached hydrogens (tertiary/aromatic N) is 2. The molecular formula is C15H11Cl2N3O. The molecule has 106 valence electrons. The van der Waals surface area contributed by atoms with Crippen LogP contribution in [0.1, 0.15) is 5.56 Å².